The second kappa shape index (κ2) is 7.94. The summed E-state index contributed by atoms with van der Waals surface area (Å²) in [5, 5.41) is 2.03. The van der Waals surface area contributed by atoms with E-state index < -0.39 is 0 Å². The molecule has 1 heterocycles. The molecule has 0 saturated carbocycles. The average molecular weight is 195 g/mol. The van der Waals surface area contributed by atoms with Crippen LogP contribution in [0.5, 0.6) is 0 Å². The van der Waals surface area contributed by atoms with Crippen LogP contribution in [0.15, 0.2) is 37.5 Å². The average Bonchev–Trinajstić information content (AvgIpc) is 2.52. The van der Waals surface area contributed by atoms with E-state index in [9.17, 15) is 9.59 Å². The van der Waals surface area contributed by atoms with Gasteiger partial charge in [0.25, 0.3) is 11.8 Å². The highest BCUT2D eigenvalue weighted by atomic mass is 16.5. The molecule has 0 spiro atoms. The summed E-state index contributed by atoms with van der Waals surface area (Å²) < 4.78 is 4.90. The van der Waals surface area contributed by atoms with Gasteiger partial charge in [0.15, 0.2) is 0 Å². The van der Waals surface area contributed by atoms with Crippen molar-refractivity contribution in [2.45, 2.75) is 0 Å². The smallest absolute Gasteiger partial charge is 0.250 e. The predicted molar refractivity (Wildman–Crippen MR) is 53.5 cm³/mol. The Morgan fingerprint density at radius 2 is 1.57 bits per heavy atom. The summed E-state index contributed by atoms with van der Waals surface area (Å²) >= 11 is 0. The van der Waals surface area contributed by atoms with E-state index in [1.165, 1.54) is 12.2 Å². The molecule has 0 unspecified atom stereocenters. The van der Waals surface area contributed by atoms with Crippen LogP contribution < -0.4 is 5.32 Å². The Balaban J connectivity index is 0.000000241. The van der Waals surface area contributed by atoms with Crippen LogP contribution in [0.3, 0.4) is 0 Å². The van der Waals surface area contributed by atoms with Gasteiger partial charge < -0.3 is 4.74 Å². The Hall–Kier alpha value is -1.68. The Labute approximate surface area is 82.9 Å². The van der Waals surface area contributed by atoms with E-state index in [4.69, 9.17) is 4.74 Å². The molecule has 0 bridgehead atoms. The van der Waals surface area contributed by atoms with Gasteiger partial charge in [0.1, 0.15) is 0 Å². The van der Waals surface area contributed by atoms with Crippen molar-refractivity contribution in [2.24, 2.45) is 0 Å². The summed E-state index contributed by atoms with van der Waals surface area (Å²) in [7, 11) is 0. The molecule has 4 nitrogen and oxygen atoms in total. The summed E-state index contributed by atoms with van der Waals surface area (Å²) in [6.07, 6.45) is 5.82. The predicted octanol–water partition coefficient (Wildman–Crippen LogP) is 0.574. The fourth-order valence-corrected chi connectivity index (χ4v) is 0.591. The highest BCUT2D eigenvalue weighted by Crippen LogP contribution is 1.82. The van der Waals surface area contributed by atoms with Crippen LogP contribution in [0.4, 0.5) is 0 Å². The SMILES string of the molecule is C=CCOCC=C.O=C1C=CC(=O)N1. The van der Waals surface area contributed by atoms with Gasteiger partial charge >= 0.3 is 0 Å². The highest BCUT2D eigenvalue weighted by molar-refractivity contribution is 6.12. The third-order valence-corrected chi connectivity index (χ3v) is 1.10. The molecule has 76 valence electrons. The summed E-state index contributed by atoms with van der Waals surface area (Å²) in [6.45, 7) is 8.18. The molecule has 0 saturated heterocycles. The van der Waals surface area contributed by atoms with Crippen molar-refractivity contribution < 1.29 is 14.3 Å². The van der Waals surface area contributed by atoms with Gasteiger partial charge in [-0.2, -0.15) is 0 Å². The minimum absolute atomic E-state index is 0.329. The van der Waals surface area contributed by atoms with E-state index in [-0.39, 0.29) is 11.8 Å². The van der Waals surface area contributed by atoms with Crippen LogP contribution in [0.25, 0.3) is 0 Å². The number of nitrogens with one attached hydrogen (secondary N) is 1. The maximum absolute atomic E-state index is 10.0. The lowest BCUT2D eigenvalue weighted by Gasteiger charge is -1.89. The Morgan fingerprint density at radius 1 is 1.14 bits per heavy atom. The zero-order valence-electron chi connectivity index (χ0n) is 7.86. The fraction of sp³-hybridized carbons (Fsp3) is 0.200. The summed E-state index contributed by atoms with van der Waals surface area (Å²) in [4.78, 5) is 20.1. The van der Waals surface area contributed by atoms with E-state index >= 15 is 0 Å². The number of hydrogen-bond donors (Lipinski definition) is 1. The zero-order chi connectivity index (χ0) is 10.8. The fourth-order valence-electron chi connectivity index (χ4n) is 0.591. The number of imide groups is 1. The molecule has 0 aromatic heterocycles. The Bertz CT molecular complexity index is 232. The molecule has 4 heteroatoms. The first-order valence-electron chi connectivity index (χ1n) is 4.03. The molecule has 0 fully saturated rings. The van der Waals surface area contributed by atoms with Crippen LogP contribution in [-0.4, -0.2) is 25.0 Å². The second-order valence-electron chi connectivity index (χ2n) is 2.30. The number of amides is 2. The van der Waals surface area contributed by atoms with Gasteiger partial charge in [-0.3, -0.25) is 14.9 Å². The number of rotatable bonds is 4. The highest BCUT2D eigenvalue weighted by Gasteiger charge is 2.06. The number of hydrogen-bond acceptors (Lipinski definition) is 3. The van der Waals surface area contributed by atoms with E-state index in [1.54, 1.807) is 12.2 Å². The van der Waals surface area contributed by atoms with Crippen LogP contribution in [0.1, 0.15) is 0 Å². The quantitative estimate of drug-likeness (QED) is 0.405. The molecule has 0 aliphatic carbocycles. The summed E-state index contributed by atoms with van der Waals surface area (Å²) in [5.74, 6) is -0.657. The molecule has 14 heavy (non-hydrogen) atoms. The molecule has 1 N–H and O–H groups in total. The maximum Gasteiger partial charge on any atom is 0.250 e. The normalized spacial score (nSPS) is 12.9. The lowest BCUT2D eigenvalue weighted by atomic mass is 10.6. The lowest BCUT2D eigenvalue weighted by Crippen LogP contribution is -2.19. The van der Waals surface area contributed by atoms with Gasteiger partial charge in [0, 0.05) is 12.2 Å². The van der Waals surface area contributed by atoms with Crippen molar-refractivity contribution in [1.29, 1.82) is 0 Å². The van der Waals surface area contributed by atoms with Gasteiger partial charge in [-0.05, 0) is 0 Å². The van der Waals surface area contributed by atoms with Gasteiger partial charge in [-0.25, -0.2) is 0 Å². The van der Waals surface area contributed by atoms with Crippen LogP contribution in [0.2, 0.25) is 0 Å². The monoisotopic (exact) mass is 195 g/mol. The molecule has 1 aliphatic rings. The molecule has 0 aromatic carbocycles. The topological polar surface area (TPSA) is 55.4 Å². The first kappa shape index (κ1) is 12.3. The third kappa shape index (κ3) is 7.00. The van der Waals surface area contributed by atoms with E-state index in [0.29, 0.717) is 13.2 Å². The largest absolute Gasteiger partial charge is 0.373 e. The van der Waals surface area contributed by atoms with Crippen molar-refractivity contribution >= 4 is 11.8 Å². The molecule has 2 amide bonds. The first-order chi connectivity index (χ1) is 6.70. The van der Waals surface area contributed by atoms with E-state index in [2.05, 4.69) is 13.2 Å². The summed E-state index contributed by atoms with van der Waals surface area (Å²) in [5.41, 5.74) is 0. The summed E-state index contributed by atoms with van der Waals surface area (Å²) in [6, 6.07) is 0. The van der Waals surface area contributed by atoms with Crippen LogP contribution >= 0.6 is 0 Å². The van der Waals surface area contributed by atoms with Crippen molar-refractivity contribution in [1.82, 2.24) is 5.32 Å². The Kier molecular flexibility index (Phi) is 6.99. The number of ether oxygens (including phenoxy) is 1. The van der Waals surface area contributed by atoms with Crippen molar-refractivity contribution in [3.05, 3.63) is 37.5 Å². The van der Waals surface area contributed by atoms with Crippen molar-refractivity contribution in [2.75, 3.05) is 13.2 Å². The van der Waals surface area contributed by atoms with Gasteiger partial charge in [0.05, 0.1) is 13.2 Å². The lowest BCUT2D eigenvalue weighted by molar-refractivity contribution is -0.123. The van der Waals surface area contributed by atoms with Crippen LogP contribution in [-0.2, 0) is 14.3 Å². The maximum atomic E-state index is 10.0. The first-order valence-corrected chi connectivity index (χ1v) is 4.03. The van der Waals surface area contributed by atoms with Gasteiger partial charge in [-0.15, -0.1) is 13.2 Å². The standard InChI is InChI=1S/C6H10O.C4H3NO2/c1-3-5-7-6-4-2;6-3-1-2-4(7)5-3/h3-4H,1-2,5-6H2;1-2H,(H,5,6,7). The number of carbonyl (C=O) groups is 2. The molecular formula is C10H13NO3. The molecule has 0 atom stereocenters. The van der Waals surface area contributed by atoms with Crippen molar-refractivity contribution in [3.8, 4) is 0 Å². The molecule has 0 radical (unpaired) electrons. The molecular weight excluding hydrogens is 182 g/mol. The van der Waals surface area contributed by atoms with Gasteiger partial charge in [0.2, 0.25) is 0 Å². The molecule has 1 aliphatic heterocycles. The molecule has 1 rings (SSSR count). The number of carbonyl (C=O) groups excluding carboxylic acids is 2. The van der Waals surface area contributed by atoms with Crippen LogP contribution in [0, 0.1) is 0 Å². The Morgan fingerprint density at radius 3 is 1.79 bits per heavy atom. The molecule has 0 aromatic rings. The third-order valence-electron chi connectivity index (χ3n) is 1.10. The second-order valence-corrected chi connectivity index (χ2v) is 2.30. The van der Waals surface area contributed by atoms with E-state index in [0.717, 1.165) is 0 Å². The van der Waals surface area contributed by atoms with Gasteiger partial charge in [-0.1, -0.05) is 12.2 Å². The minimum atomic E-state index is -0.329. The zero-order valence-corrected chi connectivity index (χ0v) is 7.86. The van der Waals surface area contributed by atoms with Crippen molar-refractivity contribution in [3.63, 3.8) is 0 Å². The minimum Gasteiger partial charge on any atom is -0.373 e. The van der Waals surface area contributed by atoms with E-state index in [1.807, 2.05) is 5.32 Å².